The molecule has 0 aliphatic rings. The number of para-hydroxylation sites is 1. The van der Waals surface area contributed by atoms with Crippen molar-refractivity contribution in [1.29, 1.82) is 0 Å². The first kappa shape index (κ1) is 22.2. The summed E-state index contributed by atoms with van der Waals surface area (Å²) in [7, 11) is 2.97. The molecule has 164 valence electrons. The van der Waals surface area contributed by atoms with Gasteiger partial charge in [-0.05, 0) is 42.5 Å². The molecule has 0 aliphatic carbocycles. The van der Waals surface area contributed by atoms with Gasteiger partial charge in [-0.1, -0.05) is 12.1 Å². The average Bonchev–Trinajstić information content (AvgIpc) is 2.80. The van der Waals surface area contributed by atoms with Gasteiger partial charge >= 0.3 is 0 Å². The van der Waals surface area contributed by atoms with Crippen LogP contribution < -0.4 is 20.2 Å². The van der Waals surface area contributed by atoms with Crippen molar-refractivity contribution in [3.8, 4) is 23.0 Å². The van der Waals surface area contributed by atoms with Crippen molar-refractivity contribution in [3.05, 3.63) is 77.4 Å². The van der Waals surface area contributed by atoms with E-state index in [1.165, 1.54) is 44.7 Å². The third kappa shape index (κ3) is 5.14. The largest absolute Gasteiger partial charge is 0.508 e. The molecule has 0 radical (unpaired) electrons. The molecule has 0 saturated heterocycles. The van der Waals surface area contributed by atoms with Crippen LogP contribution in [-0.2, 0) is 0 Å². The van der Waals surface area contributed by atoms with Gasteiger partial charge < -0.3 is 25.0 Å². The Bertz CT molecular complexity index is 1180. The van der Waals surface area contributed by atoms with Crippen LogP contribution in [-0.4, -0.2) is 42.5 Å². The maximum Gasteiger partial charge on any atom is 0.273 e. The number of hydrogen-bond donors (Lipinski definition) is 4. The van der Waals surface area contributed by atoms with E-state index in [4.69, 9.17) is 9.47 Å². The van der Waals surface area contributed by atoms with Gasteiger partial charge in [0.2, 0.25) is 0 Å². The minimum Gasteiger partial charge on any atom is -0.508 e. The number of phenolic OH excluding ortho intramolecular Hbond substituents is 2. The lowest BCUT2D eigenvalue weighted by atomic mass is 10.1. The van der Waals surface area contributed by atoms with Crippen molar-refractivity contribution in [2.24, 2.45) is 5.10 Å². The van der Waals surface area contributed by atoms with Crippen LogP contribution in [0.25, 0.3) is 0 Å². The number of hydrazone groups is 1. The first-order chi connectivity index (χ1) is 15.4. The Morgan fingerprint density at radius 3 is 2.38 bits per heavy atom. The van der Waals surface area contributed by atoms with Crippen molar-refractivity contribution in [2.45, 2.75) is 0 Å². The Balaban J connectivity index is 1.74. The van der Waals surface area contributed by atoms with Crippen molar-refractivity contribution in [3.63, 3.8) is 0 Å². The number of anilines is 1. The van der Waals surface area contributed by atoms with Gasteiger partial charge in [-0.2, -0.15) is 5.10 Å². The standard InChI is InChI=1S/C23H21N3O6/c1-31-20-10-8-14(11-21(20)32-2)22(29)25-18-6-4-3-5-17(18)23(30)26-24-13-15-7-9-16(27)12-19(15)28/h3-13,27-28H,1-2H3,(H,25,29)(H,26,30)/b24-13+. The highest BCUT2D eigenvalue weighted by Crippen LogP contribution is 2.28. The molecule has 0 aliphatic heterocycles. The van der Waals surface area contributed by atoms with E-state index in [0.29, 0.717) is 22.6 Å². The Labute approximate surface area is 183 Å². The Morgan fingerprint density at radius 2 is 1.66 bits per heavy atom. The molecule has 4 N–H and O–H groups in total. The lowest BCUT2D eigenvalue weighted by Crippen LogP contribution is -2.21. The highest BCUT2D eigenvalue weighted by Gasteiger charge is 2.15. The van der Waals surface area contributed by atoms with Gasteiger partial charge in [0.1, 0.15) is 11.5 Å². The summed E-state index contributed by atoms with van der Waals surface area (Å²) in [5.41, 5.74) is 3.44. The number of phenols is 2. The van der Waals surface area contributed by atoms with Gasteiger partial charge in [0, 0.05) is 17.2 Å². The summed E-state index contributed by atoms with van der Waals surface area (Å²) < 4.78 is 10.4. The van der Waals surface area contributed by atoms with Gasteiger partial charge in [-0.15, -0.1) is 0 Å². The van der Waals surface area contributed by atoms with E-state index in [1.807, 2.05) is 0 Å². The molecular weight excluding hydrogens is 414 g/mol. The van der Waals surface area contributed by atoms with Crippen LogP contribution in [0.2, 0.25) is 0 Å². The zero-order valence-corrected chi connectivity index (χ0v) is 17.3. The fourth-order valence-electron chi connectivity index (χ4n) is 2.82. The summed E-state index contributed by atoms with van der Waals surface area (Å²) in [4.78, 5) is 25.3. The molecule has 2 amide bonds. The topological polar surface area (TPSA) is 129 Å². The van der Waals surface area contributed by atoms with Crippen LogP contribution in [0.1, 0.15) is 26.3 Å². The highest BCUT2D eigenvalue weighted by atomic mass is 16.5. The number of nitrogens with zero attached hydrogens (tertiary/aromatic N) is 1. The number of methoxy groups -OCH3 is 2. The molecule has 0 atom stereocenters. The number of aromatic hydroxyl groups is 2. The van der Waals surface area contributed by atoms with E-state index in [1.54, 1.807) is 30.3 Å². The van der Waals surface area contributed by atoms with Crippen LogP contribution in [0.5, 0.6) is 23.0 Å². The lowest BCUT2D eigenvalue weighted by Gasteiger charge is -2.12. The minimum atomic E-state index is -0.567. The summed E-state index contributed by atoms with van der Waals surface area (Å²) in [5.74, 6) is -0.404. The summed E-state index contributed by atoms with van der Waals surface area (Å²) in [5, 5.41) is 25.6. The van der Waals surface area contributed by atoms with Gasteiger partial charge in [0.15, 0.2) is 11.5 Å². The van der Waals surface area contributed by atoms with Crippen molar-refractivity contribution >= 4 is 23.7 Å². The first-order valence-corrected chi connectivity index (χ1v) is 9.40. The SMILES string of the molecule is COc1ccc(C(=O)Nc2ccccc2C(=O)N/N=C/c2ccc(O)cc2O)cc1OC. The third-order valence-electron chi connectivity index (χ3n) is 4.45. The van der Waals surface area contributed by atoms with Gasteiger partial charge in [0.25, 0.3) is 11.8 Å². The van der Waals surface area contributed by atoms with Gasteiger partial charge in [0.05, 0.1) is 31.7 Å². The molecule has 3 rings (SSSR count). The van der Waals surface area contributed by atoms with E-state index >= 15 is 0 Å². The smallest absolute Gasteiger partial charge is 0.273 e. The quantitative estimate of drug-likeness (QED) is 0.333. The summed E-state index contributed by atoms with van der Waals surface area (Å²) in [6.45, 7) is 0. The molecule has 3 aromatic rings. The zero-order chi connectivity index (χ0) is 23.1. The number of ether oxygens (including phenoxy) is 2. The van der Waals surface area contributed by atoms with E-state index in [9.17, 15) is 19.8 Å². The normalized spacial score (nSPS) is 10.6. The third-order valence-corrected chi connectivity index (χ3v) is 4.45. The number of nitrogens with one attached hydrogen (secondary N) is 2. The molecule has 32 heavy (non-hydrogen) atoms. The van der Waals surface area contributed by atoms with E-state index in [-0.39, 0.29) is 22.7 Å². The summed E-state index contributed by atoms with van der Waals surface area (Å²) >= 11 is 0. The second-order valence-electron chi connectivity index (χ2n) is 6.51. The van der Waals surface area contributed by atoms with E-state index in [0.717, 1.165) is 6.07 Å². The molecule has 0 fully saturated rings. The Morgan fingerprint density at radius 1 is 0.906 bits per heavy atom. The van der Waals surface area contributed by atoms with Crippen molar-refractivity contribution < 1.29 is 29.3 Å². The van der Waals surface area contributed by atoms with Crippen LogP contribution in [0.4, 0.5) is 5.69 Å². The average molecular weight is 435 g/mol. The Hall–Kier alpha value is -4.53. The second-order valence-corrected chi connectivity index (χ2v) is 6.51. The molecular formula is C23H21N3O6. The molecule has 0 unspecified atom stereocenters. The molecule has 0 saturated carbocycles. The molecule has 9 heteroatoms. The van der Waals surface area contributed by atoms with E-state index in [2.05, 4.69) is 15.8 Å². The van der Waals surface area contributed by atoms with Crippen LogP contribution >= 0.6 is 0 Å². The minimum absolute atomic E-state index is 0.0946. The molecule has 0 spiro atoms. The fourth-order valence-corrected chi connectivity index (χ4v) is 2.82. The zero-order valence-electron chi connectivity index (χ0n) is 17.3. The summed E-state index contributed by atoms with van der Waals surface area (Å²) in [6.07, 6.45) is 1.23. The van der Waals surface area contributed by atoms with Crippen LogP contribution in [0, 0.1) is 0 Å². The molecule has 0 aromatic heterocycles. The molecule has 9 nitrogen and oxygen atoms in total. The maximum atomic E-state index is 12.7. The molecule has 0 bridgehead atoms. The van der Waals surface area contributed by atoms with Gasteiger partial charge in [-0.25, -0.2) is 5.43 Å². The predicted molar refractivity (Wildman–Crippen MR) is 119 cm³/mol. The predicted octanol–water partition coefficient (Wildman–Crippen LogP) is 3.13. The fraction of sp³-hybridized carbons (Fsp3) is 0.0870. The number of rotatable bonds is 7. The molecule has 0 heterocycles. The van der Waals surface area contributed by atoms with Crippen LogP contribution in [0.15, 0.2) is 65.8 Å². The number of carbonyl (C=O) groups excluding carboxylic acids is 2. The summed E-state index contributed by atoms with van der Waals surface area (Å²) in [6, 6.07) is 15.1. The first-order valence-electron chi connectivity index (χ1n) is 9.40. The number of carbonyl (C=O) groups is 2. The van der Waals surface area contributed by atoms with Crippen molar-refractivity contribution in [1.82, 2.24) is 5.43 Å². The lowest BCUT2D eigenvalue weighted by molar-refractivity contribution is 0.0956. The van der Waals surface area contributed by atoms with E-state index < -0.39 is 11.8 Å². The number of benzene rings is 3. The van der Waals surface area contributed by atoms with Gasteiger partial charge in [-0.3, -0.25) is 9.59 Å². The Kier molecular flexibility index (Phi) is 6.92. The van der Waals surface area contributed by atoms with Crippen LogP contribution in [0.3, 0.4) is 0 Å². The van der Waals surface area contributed by atoms with Crippen molar-refractivity contribution in [2.75, 3.05) is 19.5 Å². The maximum absolute atomic E-state index is 12.7. The number of amides is 2. The highest BCUT2D eigenvalue weighted by molar-refractivity contribution is 6.09. The number of hydrogen-bond acceptors (Lipinski definition) is 7. The monoisotopic (exact) mass is 435 g/mol. The second kappa shape index (κ2) is 9.98. The molecule has 3 aromatic carbocycles.